The van der Waals surface area contributed by atoms with Crippen molar-refractivity contribution in [1.29, 1.82) is 0 Å². The van der Waals surface area contributed by atoms with Gasteiger partial charge in [0.1, 0.15) is 5.60 Å². The summed E-state index contributed by atoms with van der Waals surface area (Å²) < 4.78 is 10.8. The van der Waals surface area contributed by atoms with Crippen molar-refractivity contribution in [3.63, 3.8) is 0 Å². The Morgan fingerprint density at radius 2 is 2.17 bits per heavy atom. The van der Waals surface area contributed by atoms with Gasteiger partial charge in [0.2, 0.25) is 0 Å². The van der Waals surface area contributed by atoms with E-state index in [-0.39, 0.29) is 12.1 Å². The third kappa shape index (κ3) is 7.48. The Morgan fingerprint density at radius 1 is 1.48 bits per heavy atom. The Hall–Kier alpha value is -1.59. The van der Waals surface area contributed by atoms with Crippen LogP contribution in [0.3, 0.4) is 0 Å². The third-order valence-corrected chi connectivity index (χ3v) is 3.40. The van der Waals surface area contributed by atoms with Gasteiger partial charge in [-0.2, -0.15) is 0 Å². The van der Waals surface area contributed by atoms with Crippen LogP contribution in [0, 0.1) is 0 Å². The number of aliphatic hydroxyl groups excluding tert-OH is 1. The molecular weight excluding hydrogens is 294 g/mol. The highest BCUT2D eigenvalue weighted by molar-refractivity contribution is 5.68. The van der Waals surface area contributed by atoms with Gasteiger partial charge in [-0.15, -0.1) is 0 Å². The Labute approximate surface area is 139 Å². The van der Waals surface area contributed by atoms with E-state index in [9.17, 15) is 9.90 Å². The van der Waals surface area contributed by atoms with E-state index in [1.54, 1.807) is 6.08 Å². The van der Waals surface area contributed by atoms with Crippen LogP contribution in [0.2, 0.25) is 0 Å². The van der Waals surface area contributed by atoms with Crippen LogP contribution in [0.5, 0.6) is 0 Å². The van der Waals surface area contributed by atoms with Crippen LogP contribution in [0.15, 0.2) is 36.5 Å². The first kappa shape index (κ1) is 19.5. The summed E-state index contributed by atoms with van der Waals surface area (Å²) in [6.07, 6.45) is 7.88. The molecule has 0 spiro atoms. The summed E-state index contributed by atoms with van der Waals surface area (Å²) >= 11 is 0. The second-order valence-corrected chi connectivity index (χ2v) is 6.63. The molecule has 0 aromatic rings. The molecule has 1 saturated heterocycles. The van der Waals surface area contributed by atoms with Crippen molar-refractivity contribution in [2.45, 2.75) is 71.0 Å². The highest BCUT2D eigenvalue weighted by Crippen LogP contribution is 2.24. The number of nitrogens with one attached hydrogen (secondary N) is 1. The number of ether oxygens (including phenoxy) is 2. The molecule has 5 heteroatoms. The Bertz CT molecular complexity index is 462. The second-order valence-electron chi connectivity index (χ2n) is 6.63. The average molecular weight is 323 g/mol. The maximum Gasteiger partial charge on any atom is 0.407 e. The first-order valence-corrected chi connectivity index (χ1v) is 8.02. The molecule has 0 bridgehead atoms. The van der Waals surface area contributed by atoms with Gasteiger partial charge in [-0.05, 0) is 46.1 Å². The summed E-state index contributed by atoms with van der Waals surface area (Å²) in [6, 6.07) is -0.281. The normalized spacial score (nSPS) is 23.8. The number of carbonyl (C=O) groups is 1. The first-order valence-electron chi connectivity index (χ1n) is 8.02. The average Bonchev–Trinajstić information content (AvgIpc) is 2.86. The van der Waals surface area contributed by atoms with Crippen LogP contribution >= 0.6 is 0 Å². The molecular formula is C18H29NO4. The quantitative estimate of drug-likeness (QED) is 0.735. The smallest absolute Gasteiger partial charge is 0.407 e. The lowest BCUT2D eigenvalue weighted by Gasteiger charge is -2.27. The number of rotatable bonds is 6. The minimum Gasteiger partial charge on any atom is -0.444 e. The largest absolute Gasteiger partial charge is 0.444 e. The number of hydrogen-bond acceptors (Lipinski definition) is 4. The molecule has 1 fully saturated rings. The standard InChI is InChI=1S/C18H29NO4/c1-6-8-9-13(7-2)12-14(15-10-11-16(20)22-15)19-17(21)23-18(3,4)5/h6-9,14-16,20H,2,10-12H2,1,3-5H3,(H,19,21)/b8-6-,13-9+. The molecule has 1 heterocycles. The molecule has 0 aliphatic carbocycles. The van der Waals surface area contributed by atoms with Gasteiger partial charge in [-0.25, -0.2) is 4.79 Å². The van der Waals surface area contributed by atoms with E-state index in [0.717, 1.165) is 5.57 Å². The monoisotopic (exact) mass is 323 g/mol. The molecule has 0 saturated carbocycles. The Morgan fingerprint density at radius 3 is 2.65 bits per heavy atom. The summed E-state index contributed by atoms with van der Waals surface area (Å²) in [4.78, 5) is 12.1. The molecule has 2 N–H and O–H groups in total. The van der Waals surface area contributed by atoms with Gasteiger partial charge in [0, 0.05) is 6.42 Å². The van der Waals surface area contributed by atoms with Gasteiger partial charge in [0.05, 0.1) is 12.1 Å². The Balaban J connectivity index is 2.80. The van der Waals surface area contributed by atoms with E-state index in [2.05, 4.69) is 11.9 Å². The summed E-state index contributed by atoms with van der Waals surface area (Å²) in [5.74, 6) is 0. The van der Waals surface area contributed by atoms with Crippen LogP contribution in [-0.4, -0.2) is 35.2 Å². The topological polar surface area (TPSA) is 67.8 Å². The second kappa shape index (κ2) is 8.89. The zero-order valence-electron chi connectivity index (χ0n) is 14.5. The lowest BCUT2D eigenvalue weighted by molar-refractivity contribution is -0.0985. The number of allylic oxidation sites excluding steroid dienone is 4. The fraction of sp³-hybridized carbons (Fsp3) is 0.611. The van der Waals surface area contributed by atoms with Gasteiger partial charge in [0.25, 0.3) is 0 Å². The third-order valence-electron chi connectivity index (χ3n) is 3.40. The fourth-order valence-corrected chi connectivity index (χ4v) is 2.37. The number of carbonyl (C=O) groups excluding carboxylic acids is 1. The highest BCUT2D eigenvalue weighted by Gasteiger charge is 2.32. The lowest BCUT2D eigenvalue weighted by Crippen LogP contribution is -2.45. The molecule has 5 nitrogen and oxygen atoms in total. The lowest BCUT2D eigenvalue weighted by atomic mass is 9.99. The van der Waals surface area contributed by atoms with Gasteiger partial charge in [-0.3, -0.25) is 0 Å². The number of alkyl carbamates (subject to hydrolysis) is 1. The fourth-order valence-electron chi connectivity index (χ4n) is 2.37. The van der Waals surface area contributed by atoms with Crippen molar-refractivity contribution < 1.29 is 19.4 Å². The zero-order chi connectivity index (χ0) is 17.5. The van der Waals surface area contributed by atoms with Crippen molar-refractivity contribution in [3.8, 4) is 0 Å². The van der Waals surface area contributed by atoms with E-state index in [1.807, 2.05) is 45.9 Å². The number of hydrogen-bond donors (Lipinski definition) is 2. The van der Waals surface area contributed by atoms with E-state index in [4.69, 9.17) is 9.47 Å². The molecule has 1 aliphatic rings. The summed E-state index contributed by atoms with van der Waals surface area (Å²) in [6.45, 7) is 11.2. The van der Waals surface area contributed by atoms with Crippen molar-refractivity contribution in [2.75, 3.05) is 0 Å². The van der Waals surface area contributed by atoms with Crippen molar-refractivity contribution in [2.24, 2.45) is 0 Å². The summed E-state index contributed by atoms with van der Waals surface area (Å²) in [5.41, 5.74) is 0.418. The molecule has 3 unspecified atom stereocenters. The van der Waals surface area contributed by atoms with Gasteiger partial charge in [-0.1, -0.05) is 30.9 Å². The molecule has 130 valence electrons. The molecule has 23 heavy (non-hydrogen) atoms. The van der Waals surface area contributed by atoms with Gasteiger partial charge >= 0.3 is 6.09 Å². The predicted octanol–water partition coefficient (Wildman–Crippen LogP) is 3.46. The molecule has 1 amide bonds. The Kier molecular flexibility index (Phi) is 7.52. The molecule has 1 aliphatic heterocycles. The molecule has 0 aromatic carbocycles. The van der Waals surface area contributed by atoms with Crippen molar-refractivity contribution >= 4 is 6.09 Å². The molecule has 3 atom stereocenters. The van der Waals surface area contributed by atoms with Crippen LogP contribution < -0.4 is 5.32 Å². The zero-order valence-corrected chi connectivity index (χ0v) is 14.5. The highest BCUT2D eigenvalue weighted by atomic mass is 16.6. The summed E-state index contributed by atoms with van der Waals surface area (Å²) in [5, 5.41) is 12.5. The molecule has 0 radical (unpaired) electrons. The first-order chi connectivity index (χ1) is 10.7. The maximum absolute atomic E-state index is 12.1. The van der Waals surface area contributed by atoms with Gasteiger partial charge in [0.15, 0.2) is 6.29 Å². The van der Waals surface area contributed by atoms with E-state index in [0.29, 0.717) is 19.3 Å². The van der Waals surface area contributed by atoms with Crippen LogP contribution in [0.25, 0.3) is 0 Å². The maximum atomic E-state index is 12.1. The van der Waals surface area contributed by atoms with E-state index < -0.39 is 18.0 Å². The van der Waals surface area contributed by atoms with Crippen molar-refractivity contribution in [1.82, 2.24) is 5.32 Å². The minimum absolute atomic E-state index is 0.244. The van der Waals surface area contributed by atoms with Crippen molar-refractivity contribution in [3.05, 3.63) is 36.5 Å². The predicted molar refractivity (Wildman–Crippen MR) is 91.0 cm³/mol. The summed E-state index contributed by atoms with van der Waals surface area (Å²) in [7, 11) is 0. The van der Waals surface area contributed by atoms with Crippen LogP contribution in [0.1, 0.15) is 47.0 Å². The van der Waals surface area contributed by atoms with Crippen LogP contribution in [-0.2, 0) is 9.47 Å². The number of aliphatic hydroxyl groups is 1. The molecule has 1 rings (SSSR count). The number of amides is 1. The minimum atomic E-state index is -0.769. The van der Waals surface area contributed by atoms with Gasteiger partial charge < -0.3 is 19.9 Å². The van der Waals surface area contributed by atoms with E-state index >= 15 is 0 Å². The molecule has 0 aromatic heterocycles. The van der Waals surface area contributed by atoms with E-state index in [1.165, 1.54) is 0 Å². The van der Waals surface area contributed by atoms with Crippen LogP contribution in [0.4, 0.5) is 4.79 Å². The SMILES string of the molecule is C=C/C(=C\C=C/C)CC(NC(=O)OC(C)(C)C)C1CCC(O)O1.